The lowest BCUT2D eigenvalue weighted by atomic mass is 10.1. The van der Waals surface area contributed by atoms with Crippen LogP contribution in [0, 0.1) is 27.7 Å². The van der Waals surface area contributed by atoms with Gasteiger partial charge in [0.2, 0.25) is 11.8 Å². The van der Waals surface area contributed by atoms with E-state index in [1.165, 1.54) is 4.90 Å². The molecule has 0 aromatic heterocycles. The van der Waals surface area contributed by atoms with Crippen LogP contribution in [0.25, 0.3) is 0 Å². The van der Waals surface area contributed by atoms with E-state index in [1.807, 2.05) is 71.9 Å². The Bertz CT molecular complexity index is 1430. The molecule has 0 heterocycles. The first-order valence-corrected chi connectivity index (χ1v) is 15.2. The summed E-state index contributed by atoms with van der Waals surface area (Å²) in [7, 11) is -4.09. The van der Waals surface area contributed by atoms with Gasteiger partial charge in [-0.1, -0.05) is 67.4 Å². The van der Waals surface area contributed by atoms with Crippen molar-refractivity contribution in [2.24, 2.45) is 0 Å². The molecule has 0 unspecified atom stereocenters. The van der Waals surface area contributed by atoms with Crippen molar-refractivity contribution in [2.75, 3.05) is 17.4 Å². The molecule has 0 spiro atoms. The minimum Gasteiger partial charge on any atom is -0.354 e. The Hall–Kier alpha value is -3.65. The highest BCUT2D eigenvalue weighted by Crippen LogP contribution is 2.27. The SMILES string of the molecule is CCCNC(=O)[C@@H](CC)N(Cc1cccc(C)c1)C(=O)CN(c1ccc(C)c(C)c1)S(=O)(=O)c1ccc(C)cc1. The Morgan fingerprint density at radius 3 is 2.15 bits per heavy atom. The van der Waals surface area contributed by atoms with Crippen LogP contribution in [-0.4, -0.2) is 44.3 Å². The molecule has 0 radical (unpaired) electrons. The van der Waals surface area contributed by atoms with E-state index in [0.717, 1.165) is 38.5 Å². The largest absolute Gasteiger partial charge is 0.354 e. The number of sulfonamides is 1. The molecule has 40 heavy (non-hydrogen) atoms. The molecule has 0 saturated carbocycles. The summed E-state index contributed by atoms with van der Waals surface area (Å²) >= 11 is 0. The molecule has 0 bridgehead atoms. The minimum absolute atomic E-state index is 0.0992. The van der Waals surface area contributed by atoms with Crippen molar-refractivity contribution in [3.63, 3.8) is 0 Å². The third-order valence-electron chi connectivity index (χ3n) is 7.04. The van der Waals surface area contributed by atoms with Crippen LogP contribution in [0.3, 0.4) is 0 Å². The van der Waals surface area contributed by atoms with Crippen LogP contribution in [0.2, 0.25) is 0 Å². The maximum absolute atomic E-state index is 14.1. The van der Waals surface area contributed by atoms with E-state index in [-0.39, 0.29) is 17.3 Å². The quantitative estimate of drug-likeness (QED) is 0.318. The van der Waals surface area contributed by atoms with Crippen molar-refractivity contribution in [3.8, 4) is 0 Å². The molecule has 0 fully saturated rings. The number of nitrogens with one attached hydrogen (secondary N) is 1. The number of anilines is 1. The second-order valence-electron chi connectivity index (χ2n) is 10.3. The van der Waals surface area contributed by atoms with Gasteiger partial charge in [-0.15, -0.1) is 0 Å². The molecular formula is C32H41N3O4S. The smallest absolute Gasteiger partial charge is 0.264 e. The van der Waals surface area contributed by atoms with Gasteiger partial charge in [0.1, 0.15) is 12.6 Å². The molecule has 0 aliphatic heterocycles. The highest BCUT2D eigenvalue weighted by atomic mass is 32.2. The van der Waals surface area contributed by atoms with E-state index in [9.17, 15) is 18.0 Å². The summed E-state index contributed by atoms with van der Waals surface area (Å²) in [6.07, 6.45) is 1.16. The first kappa shape index (κ1) is 30.9. The van der Waals surface area contributed by atoms with Crippen LogP contribution in [-0.2, 0) is 26.2 Å². The molecule has 7 nitrogen and oxygen atoms in total. The molecule has 0 aliphatic carbocycles. The highest BCUT2D eigenvalue weighted by molar-refractivity contribution is 7.92. The van der Waals surface area contributed by atoms with Gasteiger partial charge in [0.05, 0.1) is 10.6 Å². The number of rotatable bonds is 12. The lowest BCUT2D eigenvalue weighted by Gasteiger charge is -2.33. The summed E-state index contributed by atoms with van der Waals surface area (Å²) in [6, 6.07) is 19.0. The fourth-order valence-electron chi connectivity index (χ4n) is 4.54. The molecule has 0 aliphatic rings. The maximum atomic E-state index is 14.1. The second kappa shape index (κ2) is 13.6. The van der Waals surface area contributed by atoms with Crippen LogP contribution >= 0.6 is 0 Å². The number of nitrogens with zero attached hydrogens (tertiary/aromatic N) is 2. The van der Waals surface area contributed by atoms with Gasteiger partial charge in [-0.3, -0.25) is 13.9 Å². The summed E-state index contributed by atoms with van der Waals surface area (Å²) in [5, 5.41) is 2.91. The fourth-order valence-corrected chi connectivity index (χ4v) is 5.95. The van der Waals surface area contributed by atoms with Crippen molar-refractivity contribution >= 4 is 27.5 Å². The molecule has 3 rings (SSSR count). The normalized spacial score (nSPS) is 12.1. The van der Waals surface area contributed by atoms with Crippen LogP contribution in [0.15, 0.2) is 71.6 Å². The molecule has 3 aromatic carbocycles. The lowest BCUT2D eigenvalue weighted by molar-refractivity contribution is -0.140. The standard InChI is InChI=1S/C32H41N3O4S/c1-7-18-33-32(37)30(8-2)34(21-27-11-9-10-24(4)19-27)31(36)22-35(28-15-14-25(5)26(6)20-28)40(38,39)29-16-12-23(3)13-17-29/h9-17,19-20,30H,7-8,18,21-22H2,1-6H3,(H,33,37)/t30-/m1/s1. The summed E-state index contributed by atoms with van der Waals surface area (Å²) in [5.41, 5.74) is 5.16. The number of amides is 2. The summed E-state index contributed by atoms with van der Waals surface area (Å²) in [6.45, 7) is 11.8. The summed E-state index contributed by atoms with van der Waals surface area (Å²) in [4.78, 5) is 28.9. The van der Waals surface area contributed by atoms with Gasteiger partial charge in [-0.05, 0) is 81.5 Å². The lowest BCUT2D eigenvalue weighted by Crippen LogP contribution is -2.52. The number of benzene rings is 3. The third-order valence-corrected chi connectivity index (χ3v) is 8.82. The van der Waals surface area contributed by atoms with Crippen LogP contribution in [0.1, 0.15) is 54.5 Å². The second-order valence-corrected chi connectivity index (χ2v) is 12.2. The van der Waals surface area contributed by atoms with E-state index in [0.29, 0.717) is 18.7 Å². The van der Waals surface area contributed by atoms with Crippen LogP contribution < -0.4 is 9.62 Å². The van der Waals surface area contributed by atoms with E-state index < -0.39 is 28.5 Å². The topological polar surface area (TPSA) is 86.8 Å². The van der Waals surface area contributed by atoms with E-state index in [2.05, 4.69) is 5.32 Å². The first-order chi connectivity index (χ1) is 19.0. The van der Waals surface area contributed by atoms with Crippen molar-refractivity contribution in [1.82, 2.24) is 10.2 Å². The average molecular weight is 564 g/mol. The van der Waals surface area contributed by atoms with Gasteiger partial charge < -0.3 is 10.2 Å². The van der Waals surface area contributed by atoms with Crippen molar-refractivity contribution in [3.05, 3.63) is 94.5 Å². The predicted molar refractivity (Wildman–Crippen MR) is 161 cm³/mol. The molecule has 8 heteroatoms. The molecule has 3 aromatic rings. The first-order valence-electron chi connectivity index (χ1n) is 13.8. The maximum Gasteiger partial charge on any atom is 0.264 e. The molecule has 1 N–H and O–H groups in total. The Morgan fingerprint density at radius 2 is 1.55 bits per heavy atom. The van der Waals surface area contributed by atoms with E-state index >= 15 is 0 Å². The number of carbonyl (C=O) groups is 2. The van der Waals surface area contributed by atoms with Crippen LogP contribution in [0.5, 0.6) is 0 Å². The Balaban J connectivity index is 2.08. The molecular weight excluding hydrogens is 522 g/mol. The van der Waals surface area contributed by atoms with Gasteiger partial charge in [0.25, 0.3) is 10.0 Å². The zero-order chi connectivity index (χ0) is 29.4. The van der Waals surface area contributed by atoms with E-state index in [1.54, 1.807) is 36.4 Å². The Labute approximate surface area is 239 Å². The monoisotopic (exact) mass is 563 g/mol. The molecule has 0 saturated heterocycles. The van der Waals surface area contributed by atoms with Gasteiger partial charge in [-0.2, -0.15) is 0 Å². The summed E-state index contributed by atoms with van der Waals surface area (Å²) in [5.74, 6) is -0.696. The van der Waals surface area contributed by atoms with Crippen molar-refractivity contribution < 1.29 is 18.0 Å². The van der Waals surface area contributed by atoms with Crippen LogP contribution in [0.4, 0.5) is 5.69 Å². The molecule has 214 valence electrons. The Kier molecular flexibility index (Phi) is 10.5. The van der Waals surface area contributed by atoms with Crippen molar-refractivity contribution in [2.45, 2.75) is 71.9 Å². The molecule has 1 atom stereocenters. The molecule has 2 amide bonds. The highest BCUT2D eigenvalue weighted by Gasteiger charge is 2.33. The fraction of sp³-hybridized carbons (Fsp3) is 0.375. The van der Waals surface area contributed by atoms with E-state index in [4.69, 9.17) is 0 Å². The van der Waals surface area contributed by atoms with Gasteiger partial charge in [0, 0.05) is 13.1 Å². The zero-order valence-corrected chi connectivity index (χ0v) is 25.2. The predicted octanol–water partition coefficient (Wildman–Crippen LogP) is 5.45. The Morgan fingerprint density at radius 1 is 0.850 bits per heavy atom. The number of aryl methyl sites for hydroxylation is 4. The zero-order valence-electron chi connectivity index (χ0n) is 24.4. The average Bonchev–Trinajstić information content (AvgIpc) is 2.92. The van der Waals surface area contributed by atoms with Gasteiger partial charge >= 0.3 is 0 Å². The summed E-state index contributed by atoms with van der Waals surface area (Å²) < 4.78 is 29.1. The number of hydrogen-bond acceptors (Lipinski definition) is 4. The third kappa shape index (κ3) is 7.50. The minimum atomic E-state index is -4.09. The van der Waals surface area contributed by atoms with Gasteiger partial charge in [0.15, 0.2) is 0 Å². The van der Waals surface area contributed by atoms with Crippen molar-refractivity contribution in [1.29, 1.82) is 0 Å². The number of hydrogen-bond donors (Lipinski definition) is 1. The number of carbonyl (C=O) groups excluding carboxylic acids is 2. The van der Waals surface area contributed by atoms with Gasteiger partial charge in [-0.25, -0.2) is 8.42 Å².